The van der Waals surface area contributed by atoms with Gasteiger partial charge in [-0.05, 0) is 38.1 Å². The minimum Gasteiger partial charge on any atom is -0.376 e. The average molecular weight is 325 g/mol. The van der Waals surface area contributed by atoms with Crippen LogP contribution in [0.1, 0.15) is 22.9 Å². The molecule has 2 aromatic rings. The fourth-order valence-corrected chi connectivity index (χ4v) is 3.50. The number of sulfonamides is 1. The summed E-state index contributed by atoms with van der Waals surface area (Å²) < 4.78 is 25.2. The molecule has 1 atom stereocenters. The van der Waals surface area contributed by atoms with Crippen LogP contribution < -0.4 is 5.32 Å². The van der Waals surface area contributed by atoms with Crippen molar-refractivity contribution in [2.24, 2.45) is 0 Å². The minimum absolute atomic E-state index is 0.0833. The zero-order valence-electron chi connectivity index (χ0n) is 12.5. The van der Waals surface area contributed by atoms with Crippen molar-refractivity contribution in [1.29, 1.82) is 0 Å². The number of nitrogens with one attached hydrogen (secondary N) is 1. The number of hydrogen-bond donors (Lipinski definition) is 1. The van der Waals surface area contributed by atoms with Crippen LogP contribution in [0, 0.1) is 6.92 Å². The SMILES string of the molecule is Cc1cnc(C(C)Nc2ccc(S(=O)(=O)N(C)C)cc2)s1. The molecule has 7 heteroatoms. The topological polar surface area (TPSA) is 62.3 Å². The van der Waals surface area contributed by atoms with E-state index in [1.54, 1.807) is 35.6 Å². The summed E-state index contributed by atoms with van der Waals surface area (Å²) in [4.78, 5) is 5.81. The van der Waals surface area contributed by atoms with Gasteiger partial charge in [-0.2, -0.15) is 0 Å². The van der Waals surface area contributed by atoms with E-state index in [2.05, 4.69) is 10.3 Å². The third kappa shape index (κ3) is 3.61. The lowest BCUT2D eigenvalue weighted by atomic mass is 10.3. The molecule has 21 heavy (non-hydrogen) atoms. The van der Waals surface area contributed by atoms with Crippen LogP contribution in [0.3, 0.4) is 0 Å². The molecule has 0 spiro atoms. The molecule has 0 radical (unpaired) electrons. The van der Waals surface area contributed by atoms with E-state index in [9.17, 15) is 8.42 Å². The normalized spacial score (nSPS) is 13.4. The predicted octanol–water partition coefficient (Wildman–Crippen LogP) is 2.87. The van der Waals surface area contributed by atoms with Gasteiger partial charge in [0.1, 0.15) is 5.01 Å². The number of anilines is 1. The molecule has 1 heterocycles. The largest absolute Gasteiger partial charge is 0.376 e. The summed E-state index contributed by atoms with van der Waals surface area (Å²) in [5, 5.41) is 4.33. The highest BCUT2D eigenvalue weighted by Gasteiger charge is 2.17. The average Bonchev–Trinajstić information content (AvgIpc) is 2.86. The number of benzene rings is 1. The van der Waals surface area contributed by atoms with E-state index < -0.39 is 10.0 Å². The van der Waals surface area contributed by atoms with Crippen molar-refractivity contribution < 1.29 is 8.42 Å². The predicted molar refractivity (Wildman–Crippen MR) is 86.2 cm³/mol. The molecule has 0 aliphatic carbocycles. The molecule has 0 fully saturated rings. The van der Waals surface area contributed by atoms with E-state index in [1.807, 2.05) is 20.0 Å². The van der Waals surface area contributed by atoms with Crippen LogP contribution in [-0.4, -0.2) is 31.8 Å². The molecule has 1 aromatic carbocycles. The second-order valence-corrected chi connectivity index (χ2v) is 8.41. The van der Waals surface area contributed by atoms with Gasteiger partial charge in [-0.15, -0.1) is 11.3 Å². The Hall–Kier alpha value is -1.44. The Morgan fingerprint density at radius 3 is 2.33 bits per heavy atom. The van der Waals surface area contributed by atoms with Gasteiger partial charge in [0.15, 0.2) is 0 Å². The Balaban J connectivity index is 2.13. The van der Waals surface area contributed by atoms with Gasteiger partial charge in [-0.25, -0.2) is 17.7 Å². The quantitative estimate of drug-likeness (QED) is 0.918. The number of hydrogen-bond acceptors (Lipinski definition) is 5. The maximum absolute atomic E-state index is 12.0. The third-order valence-corrected chi connectivity index (χ3v) is 5.95. The van der Waals surface area contributed by atoms with Gasteiger partial charge in [-0.3, -0.25) is 0 Å². The number of nitrogens with zero attached hydrogens (tertiary/aromatic N) is 2. The van der Waals surface area contributed by atoms with Crippen molar-refractivity contribution >= 4 is 27.0 Å². The van der Waals surface area contributed by atoms with E-state index in [0.717, 1.165) is 10.7 Å². The van der Waals surface area contributed by atoms with Crippen molar-refractivity contribution in [3.05, 3.63) is 40.3 Å². The molecule has 1 unspecified atom stereocenters. The second kappa shape index (κ2) is 6.13. The third-order valence-electron chi connectivity index (χ3n) is 3.03. The van der Waals surface area contributed by atoms with Crippen LogP contribution in [0.5, 0.6) is 0 Å². The molecule has 2 rings (SSSR count). The first kappa shape index (κ1) is 15.9. The minimum atomic E-state index is -3.38. The first-order chi connectivity index (χ1) is 9.80. The highest BCUT2D eigenvalue weighted by atomic mass is 32.2. The second-order valence-electron chi connectivity index (χ2n) is 4.99. The lowest BCUT2D eigenvalue weighted by Crippen LogP contribution is -2.22. The molecular weight excluding hydrogens is 306 g/mol. The van der Waals surface area contributed by atoms with E-state index >= 15 is 0 Å². The monoisotopic (exact) mass is 325 g/mol. The van der Waals surface area contributed by atoms with Gasteiger partial charge >= 0.3 is 0 Å². The molecule has 0 aliphatic heterocycles. The molecule has 0 saturated carbocycles. The molecule has 1 N–H and O–H groups in total. The summed E-state index contributed by atoms with van der Waals surface area (Å²) in [5.74, 6) is 0. The summed E-state index contributed by atoms with van der Waals surface area (Å²) >= 11 is 1.65. The van der Waals surface area contributed by atoms with Gasteiger partial charge in [0, 0.05) is 30.9 Å². The molecule has 1 aromatic heterocycles. The number of aryl methyl sites for hydroxylation is 1. The lowest BCUT2D eigenvalue weighted by Gasteiger charge is -2.14. The van der Waals surface area contributed by atoms with Crippen molar-refractivity contribution in [3.8, 4) is 0 Å². The van der Waals surface area contributed by atoms with E-state index in [0.29, 0.717) is 0 Å². The van der Waals surface area contributed by atoms with Crippen molar-refractivity contribution in [2.75, 3.05) is 19.4 Å². The molecule has 0 saturated heterocycles. The standard InChI is InChI=1S/C14H19N3O2S2/c1-10-9-15-14(20-10)11(2)16-12-5-7-13(8-6-12)21(18,19)17(3)4/h5-9,11,16H,1-4H3. The number of aromatic nitrogens is 1. The van der Waals surface area contributed by atoms with Gasteiger partial charge in [0.05, 0.1) is 10.9 Å². The summed E-state index contributed by atoms with van der Waals surface area (Å²) in [6.45, 7) is 4.05. The highest BCUT2D eigenvalue weighted by Crippen LogP contribution is 2.24. The smallest absolute Gasteiger partial charge is 0.242 e. The number of thiazole rings is 1. The molecular formula is C14H19N3O2S2. The van der Waals surface area contributed by atoms with Crippen LogP contribution in [0.25, 0.3) is 0 Å². The van der Waals surface area contributed by atoms with Crippen LogP contribution in [0.15, 0.2) is 35.4 Å². The summed E-state index contributed by atoms with van der Waals surface area (Å²) in [6, 6.07) is 6.84. The van der Waals surface area contributed by atoms with Crippen LogP contribution in [-0.2, 0) is 10.0 Å². The highest BCUT2D eigenvalue weighted by molar-refractivity contribution is 7.89. The Kier molecular flexibility index (Phi) is 4.65. The van der Waals surface area contributed by atoms with Crippen molar-refractivity contribution in [2.45, 2.75) is 24.8 Å². The van der Waals surface area contributed by atoms with Crippen LogP contribution >= 0.6 is 11.3 Å². The lowest BCUT2D eigenvalue weighted by molar-refractivity contribution is 0.521. The van der Waals surface area contributed by atoms with Gasteiger partial charge in [-0.1, -0.05) is 0 Å². The summed E-state index contributed by atoms with van der Waals surface area (Å²) in [5.41, 5.74) is 0.869. The van der Waals surface area contributed by atoms with E-state index in [1.165, 1.54) is 23.3 Å². The molecule has 5 nitrogen and oxygen atoms in total. The molecule has 114 valence electrons. The zero-order chi connectivity index (χ0) is 15.6. The van der Waals surface area contributed by atoms with Crippen molar-refractivity contribution in [3.63, 3.8) is 0 Å². The fraction of sp³-hybridized carbons (Fsp3) is 0.357. The Bertz CT molecular complexity index is 706. The summed E-state index contributed by atoms with van der Waals surface area (Å²) in [6.07, 6.45) is 1.85. The van der Waals surface area contributed by atoms with Crippen molar-refractivity contribution in [1.82, 2.24) is 9.29 Å². The van der Waals surface area contributed by atoms with Gasteiger partial charge < -0.3 is 5.32 Å². The van der Waals surface area contributed by atoms with Crippen LogP contribution in [0.4, 0.5) is 5.69 Å². The van der Waals surface area contributed by atoms with E-state index in [4.69, 9.17) is 0 Å². The van der Waals surface area contributed by atoms with Crippen LogP contribution in [0.2, 0.25) is 0 Å². The first-order valence-electron chi connectivity index (χ1n) is 6.52. The maximum Gasteiger partial charge on any atom is 0.242 e. The molecule has 0 aliphatic rings. The Morgan fingerprint density at radius 2 is 1.86 bits per heavy atom. The maximum atomic E-state index is 12.0. The fourth-order valence-electron chi connectivity index (χ4n) is 1.82. The zero-order valence-corrected chi connectivity index (χ0v) is 14.1. The van der Waals surface area contributed by atoms with E-state index in [-0.39, 0.29) is 10.9 Å². The summed E-state index contributed by atoms with van der Waals surface area (Å²) in [7, 11) is -0.331. The Labute approximate surface area is 129 Å². The number of rotatable bonds is 5. The van der Waals surface area contributed by atoms with Gasteiger partial charge in [0.2, 0.25) is 10.0 Å². The van der Waals surface area contributed by atoms with Gasteiger partial charge in [0.25, 0.3) is 0 Å². The molecule has 0 bridgehead atoms. The first-order valence-corrected chi connectivity index (χ1v) is 8.78. The molecule has 0 amide bonds. The Morgan fingerprint density at radius 1 is 1.24 bits per heavy atom.